The van der Waals surface area contributed by atoms with Crippen LogP contribution in [0.2, 0.25) is 0 Å². The van der Waals surface area contributed by atoms with Crippen LogP contribution in [0.3, 0.4) is 0 Å². The van der Waals surface area contributed by atoms with Gasteiger partial charge in [0.15, 0.2) is 6.10 Å². The van der Waals surface area contributed by atoms with Crippen LogP contribution >= 0.6 is 7.82 Å². The minimum Gasteiger partial charge on any atom is -0.462 e. The molecule has 0 aliphatic rings. The van der Waals surface area contributed by atoms with Crippen molar-refractivity contribution in [2.75, 3.05) is 26.4 Å². The molecule has 0 rings (SSSR count). The number of rotatable bonds is 47. The summed E-state index contributed by atoms with van der Waals surface area (Å²) in [5.41, 5.74) is 0. The van der Waals surface area contributed by atoms with E-state index < -0.39 is 51.8 Å². The molecule has 3 atom stereocenters. The number of unbranched alkanes of at least 4 members (excludes halogenated alkanes) is 29. The van der Waals surface area contributed by atoms with Gasteiger partial charge >= 0.3 is 19.8 Å². The number of carbonyl (C=O) groups is 2. The first-order valence-corrected chi connectivity index (χ1v) is 26.3. The summed E-state index contributed by atoms with van der Waals surface area (Å²) in [7, 11) is -4.62. The maximum Gasteiger partial charge on any atom is 0.472 e. The van der Waals surface area contributed by atoms with Crippen molar-refractivity contribution in [1.82, 2.24) is 0 Å². The highest BCUT2D eigenvalue weighted by Crippen LogP contribution is 2.43. The van der Waals surface area contributed by atoms with Crippen molar-refractivity contribution in [2.24, 2.45) is 0 Å². The molecule has 0 aliphatic carbocycles. The van der Waals surface area contributed by atoms with E-state index in [1.807, 2.05) is 0 Å². The second kappa shape index (κ2) is 45.5. The fraction of sp³-hybridized carbons (Fsp3) is 0.878. The molecular weight excluding hydrogens is 780 g/mol. The molecule has 0 aliphatic heterocycles. The van der Waals surface area contributed by atoms with Gasteiger partial charge < -0.3 is 24.6 Å². The highest BCUT2D eigenvalue weighted by atomic mass is 31.2. The second-order valence-electron chi connectivity index (χ2n) is 16.8. The van der Waals surface area contributed by atoms with Crippen molar-refractivity contribution in [2.45, 2.75) is 251 Å². The number of allylic oxidation sites excluding steroid dienone is 4. The maximum atomic E-state index is 12.7. The lowest BCUT2D eigenvalue weighted by molar-refractivity contribution is -0.161. The first-order chi connectivity index (χ1) is 29.2. The van der Waals surface area contributed by atoms with Crippen LogP contribution in [-0.2, 0) is 32.7 Å². The summed E-state index contributed by atoms with van der Waals surface area (Å²) in [5.74, 6) is -0.917. The first kappa shape index (κ1) is 58.5. The number of hydrogen-bond acceptors (Lipinski definition) is 9. The van der Waals surface area contributed by atoms with Gasteiger partial charge in [-0.3, -0.25) is 18.6 Å². The zero-order valence-electron chi connectivity index (χ0n) is 38.7. The van der Waals surface area contributed by atoms with Gasteiger partial charge in [0.25, 0.3) is 0 Å². The Morgan fingerprint density at radius 2 is 0.867 bits per heavy atom. The Balaban J connectivity index is 4.18. The standard InChI is InChI=1S/C49H93O10P/c1-3-5-7-9-11-13-15-17-19-21-23-25-26-28-30-32-34-36-38-40-48(52)56-44-47(45-58-60(54,55)57-43-46(51)42-50)59-49(53)41-39-37-35-33-31-29-27-24-22-20-18-16-14-12-10-8-6-4-2/h11,13,17,19,46-47,50-51H,3-10,12,14-16,18,20-45H2,1-2H3,(H,54,55)/b13-11+,19-17+/t46-,47+/m0/s1. The lowest BCUT2D eigenvalue weighted by atomic mass is 10.0. The van der Waals surface area contributed by atoms with Gasteiger partial charge in [-0.25, -0.2) is 4.57 Å². The number of aliphatic hydroxyl groups is 2. The fourth-order valence-electron chi connectivity index (χ4n) is 7.03. The van der Waals surface area contributed by atoms with Gasteiger partial charge in [0.05, 0.1) is 19.8 Å². The number of aliphatic hydroxyl groups excluding tert-OH is 2. The van der Waals surface area contributed by atoms with E-state index in [2.05, 4.69) is 38.2 Å². The van der Waals surface area contributed by atoms with Crippen molar-refractivity contribution in [3.8, 4) is 0 Å². The van der Waals surface area contributed by atoms with Crippen LogP contribution in [0.15, 0.2) is 24.3 Å². The van der Waals surface area contributed by atoms with Crippen molar-refractivity contribution >= 4 is 19.8 Å². The van der Waals surface area contributed by atoms with E-state index in [1.165, 1.54) is 148 Å². The predicted octanol–water partition coefficient (Wildman–Crippen LogP) is 13.7. The molecular formula is C49H93O10P. The number of hydrogen-bond donors (Lipinski definition) is 3. The smallest absolute Gasteiger partial charge is 0.462 e. The molecule has 0 saturated heterocycles. The molecule has 0 saturated carbocycles. The summed E-state index contributed by atoms with van der Waals surface area (Å²) in [6.45, 7) is 2.40. The Labute approximate surface area is 368 Å². The van der Waals surface area contributed by atoms with Crippen LogP contribution in [-0.4, -0.2) is 65.7 Å². The minimum atomic E-state index is -4.62. The average Bonchev–Trinajstić information content (AvgIpc) is 3.24. The summed E-state index contributed by atoms with van der Waals surface area (Å²) < 4.78 is 32.8. The summed E-state index contributed by atoms with van der Waals surface area (Å²) in [6, 6.07) is 0. The number of carbonyl (C=O) groups excluding carboxylic acids is 2. The molecule has 3 N–H and O–H groups in total. The Bertz CT molecular complexity index is 1050. The molecule has 354 valence electrons. The van der Waals surface area contributed by atoms with Gasteiger partial charge in [0.2, 0.25) is 0 Å². The molecule has 60 heavy (non-hydrogen) atoms. The van der Waals surface area contributed by atoms with E-state index in [0.29, 0.717) is 12.8 Å². The Morgan fingerprint density at radius 3 is 1.32 bits per heavy atom. The van der Waals surface area contributed by atoms with E-state index >= 15 is 0 Å². The molecule has 0 aromatic rings. The highest BCUT2D eigenvalue weighted by molar-refractivity contribution is 7.47. The third-order valence-electron chi connectivity index (χ3n) is 10.9. The van der Waals surface area contributed by atoms with E-state index in [0.717, 1.165) is 51.4 Å². The number of phosphoric ester groups is 1. The maximum absolute atomic E-state index is 12.7. The molecule has 0 aromatic carbocycles. The van der Waals surface area contributed by atoms with E-state index in [4.69, 9.17) is 23.6 Å². The second-order valence-corrected chi connectivity index (χ2v) is 18.3. The molecule has 0 bridgehead atoms. The highest BCUT2D eigenvalue weighted by Gasteiger charge is 2.27. The molecule has 11 heteroatoms. The van der Waals surface area contributed by atoms with Crippen LogP contribution in [0, 0.1) is 0 Å². The molecule has 0 amide bonds. The van der Waals surface area contributed by atoms with Gasteiger partial charge in [0.1, 0.15) is 12.7 Å². The van der Waals surface area contributed by atoms with Crippen LogP contribution in [0.4, 0.5) is 0 Å². The summed E-state index contributed by atoms with van der Waals surface area (Å²) in [6.07, 6.45) is 47.1. The minimum absolute atomic E-state index is 0.188. The summed E-state index contributed by atoms with van der Waals surface area (Å²) in [5, 5.41) is 18.4. The topological polar surface area (TPSA) is 149 Å². The number of phosphoric acid groups is 1. The normalized spacial score (nSPS) is 13.9. The third kappa shape index (κ3) is 44.5. The van der Waals surface area contributed by atoms with Crippen molar-refractivity contribution in [3.63, 3.8) is 0 Å². The lowest BCUT2D eigenvalue weighted by Gasteiger charge is -2.20. The van der Waals surface area contributed by atoms with Crippen molar-refractivity contribution < 1.29 is 47.8 Å². The monoisotopic (exact) mass is 873 g/mol. The number of esters is 2. The van der Waals surface area contributed by atoms with Crippen LogP contribution in [0.25, 0.3) is 0 Å². The van der Waals surface area contributed by atoms with Crippen molar-refractivity contribution in [3.05, 3.63) is 24.3 Å². The summed E-state index contributed by atoms with van der Waals surface area (Å²) >= 11 is 0. The molecule has 0 aromatic heterocycles. The molecule has 10 nitrogen and oxygen atoms in total. The van der Waals surface area contributed by atoms with Crippen molar-refractivity contribution in [1.29, 1.82) is 0 Å². The van der Waals surface area contributed by atoms with E-state index in [1.54, 1.807) is 0 Å². The molecule has 0 spiro atoms. The Kier molecular flexibility index (Phi) is 44.3. The molecule has 1 unspecified atom stereocenters. The van der Waals surface area contributed by atoms with Gasteiger partial charge in [-0.2, -0.15) is 0 Å². The van der Waals surface area contributed by atoms with Crippen LogP contribution < -0.4 is 0 Å². The zero-order chi connectivity index (χ0) is 44.0. The Hall–Kier alpha value is -1.55. The Morgan fingerprint density at radius 1 is 0.500 bits per heavy atom. The van der Waals surface area contributed by atoms with Gasteiger partial charge in [-0.05, 0) is 44.9 Å². The predicted molar refractivity (Wildman–Crippen MR) is 247 cm³/mol. The van der Waals surface area contributed by atoms with E-state index in [-0.39, 0.29) is 19.4 Å². The van der Waals surface area contributed by atoms with Crippen LogP contribution in [0.1, 0.15) is 239 Å². The lowest BCUT2D eigenvalue weighted by Crippen LogP contribution is -2.29. The van der Waals surface area contributed by atoms with Gasteiger partial charge in [-0.1, -0.05) is 205 Å². The van der Waals surface area contributed by atoms with E-state index in [9.17, 15) is 24.2 Å². The average molecular weight is 873 g/mol. The zero-order valence-corrected chi connectivity index (χ0v) is 39.6. The fourth-order valence-corrected chi connectivity index (χ4v) is 7.82. The quantitative estimate of drug-likeness (QED) is 0.0233. The molecule has 0 fully saturated rings. The summed E-state index contributed by atoms with van der Waals surface area (Å²) in [4.78, 5) is 35.1. The molecule has 0 heterocycles. The molecule has 0 radical (unpaired) electrons. The van der Waals surface area contributed by atoms with Crippen LogP contribution in [0.5, 0.6) is 0 Å². The largest absolute Gasteiger partial charge is 0.472 e. The first-order valence-electron chi connectivity index (χ1n) is 24.8. The SMILES string of the molecule is CCCCC/C=C/C/C=C/CCCCCCCCCCCC(=O)OC[C@H](COP(=O)(O)OC[C@@H](O)CO)OC(=O)CCCCCCCCCCCCCCCCCCCC. The third-order valence-corrected chi connectivity index (χ3v) is 11.8. The number of ether oxygens (including phenoxy) is 2. The van der Waals surface area contributed by atoms with Gasteiger partial charge in [-0.15, -0.1) is 0 Å². The van der Waals surface area contributed by atoms with Gasteiger partial charge in [0, 0.05) is 12.8 Å².